The van der Waals surface area contributed by atoms with Gasteiger partial charge in [-0.3, -0.25) is 4.98 Å². The highest BCUT2D eigenvalue weighted by Crippen LogP contribution is 2.30. The number of nitrogen functional groups attached to an aromatic ring is 1. The van der Waals surface area contributed by atoms with Crippen molar-refractivity contribution in [1.29, 1.82) is 0 Å². The van der Waals surface area contributed by atoms with E-state index in [1.54, 1.807) is 12.3 Å². The molecule has 0 aliphatic carbocycles. The Labute approximate surface area is 106 Å². The highest BCUT2D eigenvalue weighted by atomic mass is 14.9. The average molecular weight is 237 g/mol. The molecule has 0 radical (unpaired) electrons. The van der Waals surface area contributed by atoms with Crippen molar-refractivity contribution < 1.29 is 0 Å². The molecule has 1 aromatic carbocycles. The highest BCUT2D eigenvalue weighted by molar-refractivity contribution is 5.95. The van der Waals surface area contributed by atoms with Gasteiger partial charge in [0.25, 0.3) is 0 Å². The van der Waals surface area contributed by atoms with Gasteiger partial charge >= 0.3 is 0 Å². The van der Waals surface area contributed by atoms with Gasteiger partial charge in [0, 0.05) is 41.6 Å². The van der Waals surface area contributed by atoms with Crippen molar-refractivity contribution in [2.24, 2.45) is 7.05 Å². The highest BCUT2D eigenvalue weighted by Gasteiger charge is 2.09. The number of hydrogen-bond acceptors (Lipinski definition) is 2. The summed E-state index contributed by atoms with van der Waals surface area (Å²) in [5.74, 6) is 0. The number of anilines is 1. The fourth-order valence-electron chi connectivity index (χ4n) is 2.30. The van der Waals surface area contributed by atoms with Crippen LogP contribution in [-0.4, -0.2) is 9.55 Å². The number of hydrogen-bond donors (Lipinski definition) is 1. The second kappa shape index (κ2) is 3.88. The molecule has 0 atom stereocenters. The van der Waals surface area contributed by atoms with Crippen LogP contribution in [0, 0.1) is 6.92 Å². The molecule has 0 unspecified atom stereocenters. The van der Waals surface area contributed by atoms with Crippen LogP contribution in [0.1, 0.15) is 5.56 Å². The summed E-state index contributed by atoms with van der Waals surface area (Å²) >= 11 is 0. The molecule has 18 heavy (non-hydrogen) atoms. The molecule has 3 aromatic rings. The molecular formula is C15H15N3. The summed E-state index contributed by atoms with van der Waals surface area (Å²) in [6, 6.07) is 10.2. The minimum absolute atomic E-state index is 0.740. The fourth-order valence-corrected chi connectivity index (χ4v) is 2.30. The maximum absolute atomic E-state index is 5.83. The van der Waals surface area contributed by atoms with Gasteiger partial charge < -0.3 is 10.3 Å². The van der Waals surface area contributed by atoms with Gasteiger partial charge in [-0.05, 0) is 31.2 Å². The lowest BCUT2D eigenvalue weighted by Crippen LogP contribution is -1.88. The molecule has 3 rings (SSSR count). The summed E-state index contributed by atoms with van der Waals surface area (Å²) in [7, 11) is 2.05. The van der Waals surface area contributed by atoms with E-state index in [1.165, 1.54) is 16.5 Å². The van der Waals surface area contributed by atoms with E-state index in [9.17, 15) is 0 Å². The Morgan fingerprint density at radius 3 is 2.78 bits per heavy atom. The molecule has 0 bridgehead atoms. The minimum Gasteiger partial charge on any atom is -0.399 e. The SMILES string of the molecule is Cc1ccc2c(c1)c(-c1cc(N)ccn1)cn2C. The van der Waals surface area contributed by atoms with E-state index in [2.05, 4.69) is 40.9 Å². The predicted octanol–water partition coefficient (Wildman–Crippen LogP) is 3.13. The molecule has 0 aliphatic rings. The van der Waals surface area contributed by atoms with E-state index in [0.29, 0.717) is 0 Å². The minimum atomic E-state index is 0.740. The molecule has 0 saturated heterocycles. The van der Waals surface area contributed by atoms with E-state index < -0.39 is 0 Å². The monoisotopic (exact) mass is 237 g/mol. The largest absolute Gasteiger partial charge is 0.399 e. The molecule has 90 valence electrons. The quantitative estimate of drug-likeness (QED) is 0.706. The molecule has 3 heteroatoms. The lowest BCUT2D eigenvalue weighted by atomic mass is 10.1. The number of aromatic nitrogens is 2. The first kappa shape index (κ1) is 10.8. The molecule has 0 fully saturated rings. The first-order chi connectivity index (χ1) is 8.65. The van der Waals surface area contributed by atoms with Gasteiger partial charge in [-0.2, -0.15) is 0 Å². The molecule has 2 N–H and O–H groups in total. The zero-order valence-corrected chi connectivity index (χ0v) is 10.5. The van der Waals surface area contributed by atoms with Gasteiger partial charge in [0.05, 0.1) is 5.69 Å². The molecule has 2 aromatic heterocycles. The second-order valence-corrected chi connectivity index (χ2v) is 4.65. The van der Waals surface area contributed by atoms with Crippen molar-refractivity contribution in [3.8, 4) is 11.3 Å². The third kappa shape index (κ3) is 1.64. The summed E-state index contributed by atoms with van der Waals surface area (Å²) in [5, 5.41) is 1.22. The molecule has 0 amide bonds. The number of fused-ring (bicyclic) bond motifs is 1. The van der Waals surface area contributed by atoms with Crippen LogP contribution in [0.5, 0.6) is 0 Å². The second-order valence-electron chi connectivity index (χ2n) is 4.65. The van der Waals surface area contributed by atoms with Crippen molar-refractivity contribution in [2.45, 2.75) is 6.92 Å². The lowest BCUT2D eigenvalue weighted by Gasteiger charge is -2.00. The number of pyridine rings is 1. The zero-order chi connectivity index (χ0) is 12.7. The third-order valence-corrected chi connectivity index (χ3v) is 3.20. The Bertz CT molecular complexity index is 726. The van der Waals surface area contributed by atoms with Gasteiger partial charge in [0.1, 0.15) is 0 Å². The van der Waals surface area contributed by atoms with Crippen LogP contribution >= 0.6 is 0 Å². The lowest BCUT2D eigenvalue weighted by molar-refractivity contribution is 0.969. The van der Waals surface area contributed by atoms with Crippen LogP contribution in [0.4, 0.5) is 5.69 Å². The van der Waals surface area contributed by atoms with Crippen LogP contribution in [0.25, 0.3) is 22.2 Å². The van der Waals surface area contributed by atoms with Crippen molar-refractivity contribution in [3.63, 3.8) is 0 Å². The Morgan fingerprint density at radius 1 is 1.17 bits per heavy atom. The van der Waals surface area contributed by atoms with Crippen LogP contribution in [-0.2, 0) is 7.05 Å². The summed E-state index contributed by atoms with van der Waals surface area (Å²) in [5.41, 5.74) is 11.1. The van der Waals surface area contributed by atoms with Crippen LogP contribution < -0.4 is 5.73 Å². The predicted molar refractivity (Wildman–Crippen MR) is 75.3 cm³/mol. The normalized spacial score (nSPS) is 11.0. The van der Waals surface area contributed by atoms with E-state index >= 15 is 0 Å². The Kier molecular flexibility index (Phi) is 2.33. The van der Waals surface area contributed by atoms with E-state index in [1.807, 2.05) is 13.1 Å². The van der Waals surface area contributed by atoms with E-state index in [-0.39, 0.29) is 0 Å². The number of aryl methyl sites for hydroxylation is 2. The topological polar surface area (TPSA) is 43.8 Å². The maximum atomic E-state index is 5.83. The van der Waals surface area contributed by atoms with Gasteiger partial charge in [0.15, 0.2) is 0 Å². The van der Waals surface area contributed by atoms with E-state index in [4.69, 9.17) is 5.73 Å². The number of nitrogens with zero attached hydrogens (tertiary/aromatic N) is 2. The Balaban J connectivity index is 2.32. The van der Waals surface area contributed by atoms with Crippen molar-refractivity contribution >= 4 is 16.6 Å². The zero-order valence-electron chi connectivity index (χ0n) is 10.5. The standard InChI is InChI=1S/C15H15N3/c1-10-3-4-15-12(7-10)13(9-18(15)2)14-8-11(16)5-6-17-14/h3-9H,1-2H3,(H2,16,17). The Morgan fingerprint density at radius 2 is 2.00 bits per heavy atom. The van der Waals surface area contributed by atoms with Crippen molar-refractivity contribution in [1.82, 2.24) is 9.55 Å². The van der Waals surface area contributed by atoms with Crippen LogP contribution in [0.15, 0.2) is 42.7 Å². The van der Waals surface area contributed by atoms with Gasteiger partial charge in [-0.15, -0.1) is 0 Å². The summed E-state index contributed by atoms with van der Waals surface area (Å²) in [6.07, 6.45) is 3.85. The van der Waals surface area contributed by atoms with Gasteiger partial charge in [-0.1, -0.05) is 11.6 Å². The summed E-state index contributed by atoms with van der Waals surface area (Å²) in [4.78, 5) is 4.41. The van der Waals surface area contributed by atoms with E-state index in [0.717, 1.165) is 16.9 Å². The molecule has 3 nitrogen and oxygen atoms in total. The average Bonchev–Trinajstić information content (AvgIpc) is 2.66. The Hall–Kier alpha value is -2.29. The summed E-state index contributed by atoms with van der Waals surface area (Å²) in [6.45, 7) is 2.10. The molecule has 0 spiro atoms. The molecule has 2 heterocycles. The number of rotatable bonds is 1. The summed E-state index contributed by atoms with van der Waals surface area (Å²) < 4.78 is 2.12. The van der Waals surface area contributed by atoms with Crippen molar-refractivity contribution in [3.05, 3.63) is 48.3 Å². The van der Waals surface area contributed by atoms with Crippen LogP contribution in [0.3, 0.4) is 0 Å². The van der Waals surface area contributed by atoms with Gasteiger partial charge in [-0.25, -0.2) is 0 Å². The molecule has 0 saturated carbocycles. The van der Waals surface area contributed by atoms with Gasteiger partial charge in [0.2, 0.25) is 0 Å². The maximum Gasteiger partial charge on any atom is 0.0743 e. The molecule has 0 aliphatic heterocycles. The number of benzene rings is 1. The number of nitrogens with two attached hydrogens (primary N) is 1. The fraction of sp³-hybridized carbons (Fsp3) is 0.133. The first-order valence-corrected chi connectivity index (χ1v) is 5.93. The molecular weight excluding hydrogens is 222 g/mol. The third-order valence-electron chi connectivity index (χ3n) is 3.20. The van der Waals surface area contributed by atoms with Crippen molar-refractivity contribution in [2.75, 3.05) is 5.73 Å². The van der Waals surface area contributed by atoms with Crippen LogP contribution in [0.2, 0.25) is 0 Å². The first-order valence-electron chi connectivity index (χ1n) is 5.93. The smallest absolute Gasteiger partial charge is 0.0743 e.